The maximum Gasteiger partial charge on any atom is 0.373 e. The topological polar surface area (TPSA) is 89.3 Å². The zero-order valence-corrected chi connectivity index (χ0v) is 18.1. The van der Waals surface area contributed by atoms with Gasteiger partial charge in [0.15, 0.2) is 5.11 Å². The summed E-state index contributed by atoms with van der Waals surface area (Å²) in [7, 11) is 1.32. The van der Waals surface area contributed by atoms with E-state index in [-0.39, 0.29) is 5.76 Å². The van der Waals surface area contributed by atoms with Gasteiger partial charge in [-0.25, -0.2) is 14.8 Å². The molecular weight excluding hydrogens is 428 g/mol. The van der Waals surface area contributed by atoms with Gasteiger partial charge in [-0.05, 0) is 54.9 Å². The molecule has 0 atom stereocenters. The van der Waals surface area contributed by atoms with Crippen LogP contribution in [-0.4, -0.2) is 34.4 Å². The van der Waals surface area contributed by atoms with Gasteiger partial charge in [-0.2, -0.15) is 0 Å². The van der Waals surface area contributed by atoms with Crippen molar-refractivity contribution >= 4 is 58.5 Å². The zero-order valence-electron chi connectivity index (χ0n) is 15.7. The fraction of sp³-hybridized carbons (Fsp3) is 0.158. The fourth-order valence-corrected chi connectivity index (χ4v) is 3.70. The predicted octanol–water partition coefficient (Wildman–Crippen LogP) is 4.68. The van der Waals surface area contributed by atoms with Gasteiger partial charge in [-0.15, -0.1) is 23.5 Å². The van der Waals surface area contributed by atoms with Crippen LogP contribution < -0.4 is 10.6 Å². The fourth-order valence-electron chi connectivity index (χ4n) is 2.26. The van der Waals surface area contributed by atoms with Gasteiger partial charge in [0.05, 0.1) is 12.9 Å². The molecule has 10 heteroatoms. The Kier molecular flexibility index (Phi) is 7.50. The number of carbonyl (C=O) groups is 1. The third-order valence-electron chi connectivity index (χ3n) is 3.59. The van der Waals surface area contributed by atoms with Crippen LogP contribution in [0.15, 0.2) is 63.0 Å². The largest absolute Gasteiger partial charge is 0.463 e. The van der Waals surface area contributed by atoms with E-state index in [1.807, 2.05) is 36.6 Å². The Morgan fingerprint density at radius 1 is 1.24 bits per heavy atom. The maximum atomic E-state index is 11.5. The van der Waals surface area contributed by atoms with Gasteiger partial charge in [-0.1, -0.05) is 6.07 Å². The number of rotatable bonds is 7. The van der Waals surface area contributed by atoms with E-state index in [4.69, 9.17) is 16.6 Å². The zero-order chi connectivity index (χ0) is 20.6. The van der Waals surface area contributed by atoms with Crippen LogP contribution in [0.4, 0.5) is 11.6 Å². The lowest BCUT2D eigenvalue weighted by atomic mass is 10.3. The lowest BCUT2D eigenvalue weighted by Gasteiger charge is -2.10. The lowest BCUT2D eigenvalue weighted by Crippen LogP contribution is -2.20. The number of anilines is 2. The molecule has 0 saturated heterocycles. The van der Waals surface area contributed by atoms with Crippen LogP contribution in [0.5, 0.6) is 0 Å². The molecule has 0 amide bonds. The van der Waals surface area contributed by atoms with E-state index in [1.54, 1.807) is 30.1 Å². The molecule has 0 aliphatic carbocycles. The number of furan rings is 1. The molecule has 0 fully saturated rings. The molecule has 1 aromatic carbocycles. The second-order valence-electron chi connectivity index (χ2n) is 5.58. The number of carbonyl (C=O) groups excluding carboxylic acids is 1. The monoisotopic (exact) mass is 446 g/mol. The van der Waals surface area contributed by atoms with Crippen LogP contribution in [0.2, 0.25) is 0 Å². The lowest BCUT2D eigenvalue weighted by molar-refractivity contribution is 0.0563. The van der Waals surface area contributed by atoms with Crippen LogP contribution in [0.3, 0.4) is 0 Å². The van der Waals surface area contributed by atoms with Crippen molar-refractivity contribution in [2.75, 3.05) is 24.0 Å². The number of thiocarbonyl (C=S) groups is 1. The predicted molar refractivity (Wildman–Crippen MR) is 120 cm³/mol. The van der Waals surface area contributed by atoms with Gasteiger partial charge in [0.25, 0.3) is 0 Å². The smallest absolute Gasteiger partial charge is 0.373 e. The molecule has 0 radical (unpaired) electrons. The van der Waals surface area contributed by atoms with E-state index >= 15 is 0 Å². The Labute approximate surface area is 182 Å². The Balaban J connectivity index is 1.56. The number of hydrogen-bond acceptors (Lipinski definition) is 8. The Bertz CT molecular complexity index is 1010. The van der Waals surface area contributed by atoms with Crippen molar-refractivity contribution in [2.24, 2.45) is 0 Å². The number of aromatic nitrogens is 2. The summed E-state index contributed by atoms with van der Waals surface area (Å²) in [6, 6.07) is 13.0. The highest BCUT2D eigenvalue weighted by atomic mass is 32.2. The third-order valence-corrected chi connectivity index (χ3v) is 5.45. The second-order valence-corrected chi connectivity index (χ2v) is 7.86. The summed E-state index contributed by atoms with van der Waals surface area (Å²) < 4.78 is 10.1. The number of thioether (sulfide) groups is 2. The summed E-state index contributed by atoms with van der Waals surface area (Å²) in [4.78, 5) is 21.0. The Morgan fingerprint density at radius 3 is 2.90 bits per heavy atom. The van der Waals surface area contributed by atoms with Gasteiger partial charge in [0, 0.05) is 16.8 Å². The minimum Gasteiger partial charge on any atom is -0.463 e. The molecule has 0 spiro atoms. The van der Waals surface area contributed by atoms with Gasteiger partial charge in [-0.3, -0.25) is 0 Å². The number of nitrogens with zero attached hydrogens (tertiary/aromatic N) is 2. The molecule has 0 unspecified atom stereocenters. The highest BCUT2D eigenvalue weighted by Gasteiger charge is 2.11. The van der Waals surface area contributed by atoms with E-state index < -0.39 is 5.97 Å². The van der Waals surface area contributed by atoms with E-state index in [0.717, 1.165) is 15.6 Å². The number of ether oxygens (including phenoxy) is 1. The highest BCUT2D eigenvalue weighted by Crippen LogP contribution is 2.26. The van der Waals surface area contributed by atoms with Crippen molar-refractivity contribution in [1.29, 1.82) is 0 Å². The molecule has 2 aromatic heterocycles. The van der Waals surface area contributed by atoms with E-state index in [1.165, 1.54) is 18.9 Å². The molecule has 29 heavy (non-hydrogen) atoms. The molecular formula is C19H18N4O3S3. The first-order valence-electron chi connectivity index (χ1n) is 8.42. The van der Waals surface area contributed by atoms with Crippen molar-refractivity contribution in [3.05, 3.63) is 60.2 Å². The average Bonchev–Trinajstić information content (AvgIpc) is 3.21. The highest BCUT2D eigenvalue weighted by molar-refractivity contribution is 7.98. The van der Waals surface area contributed by atoms with Crippen molar-refractivity contribution in [3.63, 3.8) is 0 Å². The first kappa shape index (κ1) is 21.2. The number of esters is 1. The van der Waals surface area contributed by atoms with Crippen molar-refractivity contribution in [3.8, 4) is 0 Å². The molecule has 150 valence electrons. The van der Waals surface area contributed by atoms with Crippen LogP contribution in [0, 0.1) is 0 Å². The first-order valence-corrected chi connectivity index (χ1v) is 11.0. The van der Waals surface area contributed by atoms with Crippen molar-refractivity contribution in [2.45, 2.75) is 15.7 Å². The van der Waals surface area contributed by atoms with E-state index in [2.05, 4.69) is 25.3 Å². The molecule has 0 aliphatic heterocycles. The molecule has 3 aromatic rings. The summed E-state index contributed by atoms with van der Waals surface area (Å²) in [6.07, 6.45) is 3.63. The number of methoxy groups -OCH3 is 1. The Morgan fingerprint density at radius 2 is 2.10 bits per heavy atom. The molecule has 0 bridgehead atoms. The molecule has 2 heterocycles. The van der Waals surface area contributed by atoms with Crippen LogP contribution in [0.25, 0.3) is 0 Å². The van der Waals surface area contributed by atoms with Crippen LogP contribution >= 0.6 is 35.7 Å². The molecule has 0 aliphatic rings. The van der Waals surface area contributed by atoms with Crippen LogP contribution in [0.1, 0.15) is 16.3 Å². The molecule has 3 rings (SSSR count). The molecule has 7 nitrogen and oxygen atoms in total. The van der Waals surface area contributed by atoms with E-state index in [9.17, 15) is 4.79 Å². The van der Waals surface area contributed by atoms with Gasteiger partial charge < -0.3 is 19.8 Å². The summed E-state index contributed by atoms with van der Waals surface area (Å²) in [5, 5.41) is 7.37. The summed E-state index contributed by atoms with van der Waals surface area (Å²) in [6.45, 7) is 0. The maximum absolute atomic E-state index is 11.5. The van der Waals surface area contributed by atoms with Crippen LogP contribution in [-0.2, 0) is 10.5 Å². The van der Waals surface area contributed by atoms with E-state index in [0.29, 0.717) is 22.6 Å². The summed E-state index contributed by atoms with van der Waals surface area (Å²) >= 11 is 8.46. The van der Waals surface area contributed by atoms with Gasteiger partial charge in [0.1, 0.15) is 10.8 Å². The average molecular weight is 447 g/mol. The second kappa shape index (κ2) is 10.3. The minimum atomic E-state index is -0.486. The summed E-state index contributed by atoms with van der Waals surface area (Å²) in [5.41, 5.74) is 0.836. The molecule has 0 saturated carbocycles. The number of nitrogens with one attached hydrogen (secondary N) is 2. The van der Waals surface area contributed by atoms with Gasteiger partial charge >= 0.3 is 5.97 Å². The normalized spacial score (nSPS) is 10.4. The first-order chi connectivity index (χ1) is 14.1. The SMILES string of the molecule is COC(=O)c1ccc(CSc2cccc(NC(=S)Nc3nccc(SC)n3)c2)o1. The quantitative estimate of drug-likeness (QED) is 0.231. The number of benzene rings is 1. The molecule has 2 N–H and O–H groups in total. The third kappa shape index (κ3) is 6.21. The standard InChI is InChI=1S/C19H18N4O3S3/c1-25-17(24)15-7-6-13(26-15)11-29-14-5-3-4-12(10-14)21-19(27)23-18-20-9-8-16(22-18)28-2/h3-10H,11H2,1-2H3,(H2,20,21,22,23,27). The summed E-state index contributed by atoms with van der Waals surface area (Å²) in [5.74, 6) is 1.43. The van der Waals surface area contributed by atoms with Crippen molar-refractivity contribution < 1.29 is 13.9 Å². The number of hydrogen-bond donors (Lipinski definition) is 2. The van der Waals surface area contributed by atoms with Gasteiger partial charge in [0.2, 0.25) is 11.7 Å². The minimum absolute atomic E-state index is 0.197. The van der Waals surface area contributed by atoms with Crippen molar-refractivity contribution in [1.82, 2.24) is 9.97 Å². The Hall–Kier alpha value is -2.56.